The number of aromatic amines is 1. The van der Waals surface area contributed by atoms with Crippen LogP contribution < -0.4 is 5.32 Å². The van der Waals surface area contributed by atoms with Crippen LogP contribution in [0.2, 0.25) is 0 Å². The highest BCUT2D eigenvalue weighted by atomic mass is 32.1. The zero-order chi connectivity index (χ0) is 21.3. The van der Waals surface area contributed by atoms with Gasteiger partial charge in [0, 0.05) is 6.04 Å². The third-order valence-corrected chi connectivity index (χ3v) is 4.22. The average molecular weight is 429 g/mol. The van der Waals surface area contributed by atoms with Crippen molar-refractivity contribution < 1.29 is 22.4 Å². The topological polar surface area (TPSA) is 93.4 Å². The molecule has 0 saturated carbocycles. The van der Waals surface area contributed by atoms with Crippen LogP contribution in [0, 0.1) is 10.6 Å². The number of alkyl halides is 3. The molecule has 2 N–H and O–H groups in total. The van der Waals surface area contributed by atoms with Gasteiger partial charge >= 0.3 is 6.18 Å². The first-order valence-corrected chi connectivity index (χ1v) is 8.74. The number of carbonyl (C=O) groups excluding carboxylic acids is 1. The van der Waals surface area contributed by atoms with Gasteiger partial charge in [-0.2, -0.15) is 18.3 Å². The number of rotatable bonds is 5. The Balaban J connectivity index is 1.94. The number of H-pyrrole nitrogens is 1. The van der Waals surface area contributed by atoms with E-state index in [1.165, 1.54) is 12.1 Å². The second-order valence-electron chi connectivity index (χ2n) is 6.24. The summed E-state index contributed by atoms with van der Waals surface area (Å²) >= 11 is 5.08. The third-order valence-electron chi connectivity index (χ3n) is 3.94. The molecule has 13 heteroatoms. The van der Waals surface area contributed by atoms with E-state index in [0.29, 0.717) is 10.6 Å². The van der Waals surface area contributed by atoms with E-state index in [2.05, 4.69) is 25.8 Å². The van der Waals surface area contributed by atoms with E-state index in [1.807, 2.05) is 13.8 Å². The summed E-state index contributed by atoms with van der Waals surface area (Å²) in [6, 6.07) is 4.65. The number of nitrogens with one attached hydrogen (secondary N) is 2. The van der Waals surface area contributed by atoms with Gasteiger partial charge < -0.3 is 9.88 Å². The Labute approximate surface area is 166 Å². The Bertz CT molecular complexity index is 1100. The van der Waals surface area contributed by atoms with Crippen molar-refractivity contribution in [2.45, 2.75) is 32.6 Å². The van der Waals surface area contributed by atoms with Crippen LogP contribution in [0.5, 0.6) is 0 Å². The number of benzene rings is 1. The number of amides is 1. The van der Waals surface area contributed by atoms with Crippen LogP contribution in [-0.4, -0.2) is 35.7 Å². The van der Waals surface area contributed by atoms with E-state index in [4.69, 9.17) is 12.2 Å². The molecule has 0 saturated heterocycles. The predicted octanol–water partition coefficient (Wildman–Crippen LogP) is 3.19. The van der Waals surface area contributed by atoms with E-state index in [0.717, 1.165) is 12.1 Å². The Hall–Kier alpha value is -3.09. The van der Waals surface area contributed by atoms with Gasteiger partial charge in [-0.05, 0) is 38.2 Å². The van der Waals surface area contributed by atoms with Crippen LogP contribution in [0.1, 0.15) is 41.9 Å². The van der Waals surface area contributed by atoms with Gasteiger partial charge in [0.2, 0.25) is 0 Å². The number of hydrogen-bond acceptors (Lipinski definition) is 5. The fourth-order valence-corrected chi connectivity index (χ4v) is 3.08. The van der Waals surface area contributed by atoms with Crippen molar-refractivity contribution in [1.82, 2.24) is 35.1 Å². The van der Waals surface area contributed by atoms with Gasteiger partial charge in [0.25, 0.3) is 5.91 Å². The average Bonchev–Trinajstić information content (AvgIpc) is 3.23. The van der Waals surface area contributed by atoms with Gasteiger partial charge in [0.15, 0.2) is 22.0 Å². The lowest BCUT2D eigenvalue weighted by Crippen LogP contribution is -2.28. The molecule has 0 unspecified atom stereocenters. The molecule has 1 amide bonds. The molecule has 0 aliphatic carbocycles. The highest BCUT2D eigenvalue weighted by molar-refractivity contribution is 7.71. The first kappa shape index (κ1) is 20.6. The van der Waals surface area contributed by atoms with E-state index >= 15 is 0 Å². The molecule has 0 fully saturated rings. The Morgan fingerprint density at radius 3 is 2.62 bits per heavy atom. The first-order chi connectivity index (χ1) is 13.6. The minimum Gasteiger partial charge on any atom is -0.343 e. The minimum atomic E-state index is -5.00. The Morgan fingerprint density at radius 2 is 2.00 bits per heavy atom. The highest BCUT2D eigenvalue weighted by Gasteiger charge is 2.42. The van der Waals surface area contributed by atoms with Crippen molar-refractivity contribution in [2.75, 3.05) is 0 Å². The lowest BCUT2D eigenvalue weighted by Gasteiger charge is -2.12. The van der Waals surface area contributed by atoms with Gasteiger partial charge in [-0.15, -0.1) is 5.10 Å². The summed E-state index contributed by atoms with van der Waals surface area (Å²) in [6.45, 7) is 3.46. The zero-order valence-corrected chi connectivity index (χ0v) is 16.0. The summed E-state index contributed by atoms with van der Waals surface area (Å²) < 4.78 is 57.0. The minimum absolute atomic E-state index is 0.0826. The summed E-state index contributed by atoms with van der Waals surface area (Å²) in [5.74, 6) is -1.75. The normalized spacial score (nSPS) is 11.8. The summed E-state index contributed by atoms with van der Waals surface area (Å²) in [7, 11) is 0. The molecule has 0 bridgehead atoms. The number of para-hydroxylation sites is 1. The Kier molecular flexibility index (Phi) is 5.50. The maximum atomic E-state index is 14.0. The number of nitrogens with zero attached hydrogens (tertiary/aromatic N) is 5. The molecule has 1 aromatic carbocycles. The summed E-state index contributed by atoms with van der Waals surface area (Å²) in [6.07, 6.45) is -5.00. The third kappa shape index (κ3) is 4.04. The second-order valence-corrected chi connectivity index (χ2v) is 6.63. The van der Waals surface area contributed by atoms with Gasteiger partial charge in [-0.3, -0.25) is 9.89 Å². The van der Waals surface area contributed by atoms with Gasteiger partial charge in [-0.25, -0.2) is 9.07 Å². The quantitative estimate of drug-likeness (QED) is 0.480. The standard InChI is InChI=1S/C16H15F4N7OS/c1-8(2)26-11(22-24-15(26)29)7-21-14(28)12-13(16(18,19)20)27(25-23-12)10-6-4-3-5-9(10)17/h3-6,8H,7H2,1-2H3,(H,21,28)(H,24,29). The molecule has 8 nitrogen and oxygen atoms in total. The largest absolute Gasteiger partial charge is 0.435 e. The van der Waals surface area contributed by atoms with Crippen molar-refractivity contribution in [3.8, 4) is 5.69 Å². The molecule has 3 rings (SSSR count). The van der Waals surface area contributed by atoms with Crippen LogP contribution in [0.25, 0.3) is 5.69 Å². The fraction of sp³-hybridized carbons (Fsp3) is 0.312. The molecule has 3 aromatic rings. The van der Waals surface area contributed by atoms with Crippen LogP contribution in [-0.2, 0) is 12.7 Å². The monoisotopic (exact) mass is 429 g/mol. The molecule has 2 aromatic heterocycles. The lowest BCUT2D eigenvalue weighted by molar-refractivity contribution is -0.143. The molecular weight excluding hydrogens is 414 g/mol. The molecule has 2 heterocycles. The lowest BCUT2D eigenvalue weighted by atomic mass is 10.2. The zero-order valence-electron chi connectivity index (χ0n) is 15.2. The molecular formula is C16H15F4N7OS. The van der Waals surface area contributed by atoms with Crippen molar-refractivity contribution in [2.24, 2.45) is 0 Å². The molecule has 154 valence electrons. The van der Waals surface area contributed by atoms with Crippen LogP contribution in [0.4, 0.5) is 17.6 Å². The van der Waals surface area contributed by atoms with E-state index in [9.17, 15) is 22.4 Å². The van der Waals surface area contributed by atoms with Crippen molar-refractivity contribution >= 4 is 18.1 Å². The van der Waals surface area contributed by atoms with E-state index in [-0.39, 0.29) is 17.3 Å². The summed E-state index contributed by atoms with van der Waals surface area (Å²) in [4.78, 5) is 12.4. The summed E-state index contributed by atoms with van der Waals surface area (Å²) in [5.41, 5.74) is -2.94. The molecule has 0 radical (unpaired) electrons. The second kappa shape index (κ2) is 7.73. The van der Waals surface area contributed by atoms with Crippen molar-refractivity contribution in [1.29, 1.82) is 0 Å². The highest BCUT2D eigenvalue weighted by Crippen LogP contribution is 2.33. The van der Waals surface area contributed by atoms with Crippen molar-refractivity contribution in [3.05, 3.63) is 52.1 Å². The molecule has 0 aliphatic rings. The SMILES string of the molecule is CC(C)n1c(CNC(=O)c2nnn(-c3ccccc3F)c2C(F)(F)F)n[nH]c1=S. The molecule has 0 atom stereocenters. The maximum absolute atomic E-state index is 14.0. The number of halogens is 4. The maximum Gasteiger partial charge on any atom is 0.435 e. The predicted molar refractivity (Wildman–Crippen MR) is 95.3 cm³/mol. The van der Waals surface area contributed by atoms with E-state index in [1.54, 1.807) is 4.57 Å². The first-order valence-electron chi connectivity index (χ1n) is 8.33. The van der Waals surface area contributed by atoms with Gasteiger partial charge in [-0.1, -0.05) is 17.3 Å². The number of hydrogen-bond donors (Lipinski definition) is 2. The van der Waals surface area contributed by atoms with Crippen LogP contribution in [0.3, 0.4) is 0 Å². The summed E-state index contributed by atoms with van der Waals surface area (Å²) in [5, 5.41) is 15.5. The van der Waals surface area contributed by atoms with Crippen LogP contribution >= 0.6 is 12.2 Å². The smallest absolute Gasteiger partial charge is 0.343 e. The number of aromatic nitrogens is 6. The number of carbonyl (C=O) groups is 1. The fourth-order valence-electron chi connectivity index (χ4n) is 2.72. The molecule has 0 aliphatic heterocycles. The Morgan fingerprint density at radius 1 is 1.31 bits per heavy atom. The van der Waals surface area contributed by atoms with Gasteiger partial charge in [0.1, 0.15) is 11.5 Å². The van der Waals surface area contributed by atoms with Crippen molar-refractivity contribution in [3.63, 3.8) is 0 Å². The van der Waals surface area contributed by atoms with Gasteiger partial charge in [0.05, 0.1) is 6.54 Å². The van der Waals surface area contributed by atoms with Crippen LogP contribution in [0.15, 0.2) is 24.3 Å². The molecule has 29 heavy (non-hydrogen) atoms. The van der Waals surface area contributed by atoms with E-state index < -0.39 is 35.0 Å². The molecule has 0 spiro atoms.